The fourth-order valence-corrected chi connectivity index (χ4v) is 2.71. The summed E-state index contributed by atoms with van der Waals surface area (Å²) in [6.45, 7) is 4.11. The lowest BCUT2D eigenvalue weighted by molar-refractivity contribution is -0.121. The van der Waals surface area contributed by atoms with Gasteiger partial charge in [-0.2, -0.15) is 0 Å². The molecule has 1 amide bonds. The highest BCUT2D eigenvalue weighted by molar-refractivity contribution is 5.76. The zero-order valence-electron chi connectivity index (χ0n) is 14.1. The van der Waals surface area contributed by atoms with Crippen LogP contribution in [0.25, 0.3) is 0 Å². The molecule has 3 heteroatoms. The number of carbonyl (C=O) groups excluding carboxylic acids is 1. The maximum Gasteiger partial charge on any atom is 0.220 e. The van der Waals surface area contributed by atoms with Crippen LogP contribution in [0.4, 0.5) is 0 Å². The number of carbonyl (C=O) groups is 1. The molecule has 0 saturated heterocycles. The molecular weight excluding hydrogens is 286 g/mol. The van der Waals surface area contributed by atoms with Gasteiger partial charge in [-0.15, -0.1) is 0 Å². The topological polar surface area (TPSA) is 38.3 Å². The lowest BCUT2D eigenvalue weighted by Gasteiger charge is -2.19. The number of rotatable bonds is 7. The second kappa shape index (κ2) is 8.37. The number of nitrogens with one attached hydrogen (secondary N) is 1. The van der Waals surface area contributed by atoms with Crippen molar-refractivity contribution in [2.45, 2.75) is 39.2 Å². The van der Waals surface area contributed by atoms with Crippen LogP contribution in [-0.4, -0.2) is 13.0 Å². The van der Waals surface area contributed by atoms with E-state index >= 15 is 0 Å². The first-order valence-electron chi connectivity index (χ1n) is 8.12. The number of hydrogen-bond donors (Lipinski definition) is 1. The third-order valence-electron chi connectivity index (χ3n) is 4.05. The van der Waals surface area contributed by atoms with Crippen molar-refractivity contribution < 1.29 is 9.53 Å². The quantitative estimate of drug-likeness (QED) is 0.832. The van der Waals surface area contributed by atoms with Crippen LogP contribution in [0.3, 0.4) is 0 Å². The molecule has 0 aromatic heterocycles. The summed E-state index contributed by atoms with van der Waals surface area (Å²) in [4.78, 5) is 12.2. The molecule has 0 spiro atoms. The predicted octanol–water partition coefficient (Wildman–Crippen LogP) is 4.20. The van der Waals surface area contributed by atoms with Gasteiger partial charge in [-0.25, -0.2) is 0 Å². The predicted molar refractivity (Wildman–Crippen MR) is 93.7 cm³/mol. The van der Waals surface area contributed by atoms with Crippen molar-refractivity contribution in [3.63, 3.8) is 0 Å². The fourth-order valence-electron chi connectivity index (χ4n) is 2.71. The summed E-state index contributed by atoms with van der Waals surface area (Å²) >= 11 is 0. The van der Waals surface area contributed by atoms with Crippen LogP contribution in [0, 0.1) is 6.92 Å². The number of ether oxygens (including phenoxy) is 1. The molecule has 2 aromatic rings. The summed E-state index contributed by atoms with van der Waals surface area (Å²) < 4.78 is 5.29. The molecule has 23 heavy (non-hydrogen) atoms. The van der Waals surface area contributed by atoms with Gasteiger partial charge in [0.1, 0.15) is 5.75 Å². The highest BCUT2D eigenvalue weighted by Gasteiger charge is 2.14. The van der Waals surface area contributed by atoms with Gasteiger partial charge in [0.05, 0.1) is 13.2 Å². The van der Waals surface area contributed by atoms with E-state index in [0.29, 0.717) is 6.42 Å². The van der Waals surface area contributed by atoms with Gasteiger partial charge in [-0.3, -0.25) is 4.79 Å². The molecule has 0 heterocycles. The molecule has 1 unspecified atom stereocenters. The molecule has 0 aliphatic rings. The minimum atomic E-state index is 0.0443. The number of methoxy groups -OCH3 is 1. The summed E-state index contributed by atoms with van der Waals surface area (Å²) in [5, 5.41) is 3.14. The van der Waals surface area contributed by atoms with Gasteiger partial charge in [-0.1, -0.05) is 49.4 Å². The zero-order chi connectivity index (χ0) is 16.7. The van der Waals surface area contributed by atoms with Gasteiger partial charge in [-0.05, 0) is 42.5 Å². The minimum absolute atomic E-state index is 0.0443. The third-order valence-corrected chi connectivity index (χ3v) is 4.05. The highest BCUT2D eigenvalue weighted by atomic mass is 16.5. The van der Waals surface area contributed by atoms with E-state index in [1.807, 2.05) is 37.3 Å². The monoisotopic (exact) mass is 311 g/mol. The van der Waals surface area contributed by atoms with Crippen molar-refractivity contribution in [3.8, 4) is 5.75 Å². The van der Waals surface area contributed by atoms with Gasteiger partial charge >= 0.3 is 0 Å². The van der Waals surface area contributed by atoms with E-state index in [-0.39, 0.29) is 11.9 Å². The van der Waals surface area contributed by atoms with Gasteiger partial charge in [0.2, 0.25) is 5.91 Å². The van der Waals surface area contributed by atoms with E-state index in [9.17, 15) is 4.79 Å². The summed E-state index contributed by atoms with van der Waals surface area (Å²) in [6, 6.07) is 16.2. The number of benzene rings is 2. The zero-order valence-corrected chi connectivity index (χ0v) is 14.1. The fraction of sp³-hybridized carbons (Fsp3) is 0.350. The van der Waals surface area contributed by atoms with Crippen molar-refractivity contribution in [2.24, 2.45) is 0 Å². The van der Waals surface area contributed by atoms with E-state index in [0.717, 1.165) is 29.7 Å². The van der Waals surface area contributed by atoms with Crippen LogP contribution in [0.1, 0.15) is 42.5 Å². The van der Waals surface area contributed by atoms with Crippen LogP contribution in [0.2, 0.25) is 0 Å². The average molecular weight is 311 g/mol. The second-order valence-electron chi connectivity index (χ2n) is 5.74. The number of hydrogen-bond acceptors (Lipinski definition) is 2. The van der Waals surface area contributed by atoms with Crippen molar-refractivity contribution >= 4 is 5.91 Å². The van der Waals surface area contributed by atoms with Crippen molar-refractivity contribution in [1.29, 1.82) is 0 Å². The molecule has 0 bridgehead atoms. The molecule has 0 saturated carbocycles. The Morgan fingerprint density at radius 3 is 2.52 bits per heavy atom. The Hall–Kier alpha value is -2.29. The largest absolute Gasteiger partial charge is 0.496 e. The Bertz CT molecular complexity index is 637. The van der Waals surface area contributed by atoms with Crippen LogP contribution < -0.4 is 10.1 Å². The highest BCUT2D eigenvalue weighted by Crippen LogP contribution is 2.24. The van der Waals surface area contributed by atoms with E-state index in [4.69, 9.17) is 4.74 Å². The summed E-state index contributed by atoms with van der Waals surface area (Å²) in [5.74, 6) is 0.966. The lowest BCUT2D eigenvalue weighted by Crippen LogP contribution is -2.28. The Labute approximate surface area is 138 Å². The van der Waals surface area contributed by atoms with Gasteiger partial charge in [0.15, 0.2) is 0 Å². The molecule has 0 aliphatic carbocycles. The Morgan fingerprint density at radius 1 is 1.17 bits per heavy atom. The molecular formula is C20H25NO2. The maximum absolute atomic E-state index is 12.2. The normalized spacial score (nSPS) is 11.8. The van der Waals surface area contributed by atoms with Crippen LogP contribution >= 0.6 is 0 Å². The molecule has 122 valence electrons. The molecule has 1 atom stereocenters. The first-order chi connectivity index (χ1) is 11.1. The first kappa shape index (κ1) is 17.1. The second-order valence-corrected chi connectivity index (χ2v) is 5.74. The minimum Gasteiger partial charge on any atom is -0.496 e. The third kappa shape index (κ3) is 4.85. The molecule has 2 aromatic carbocycles. The van der Waals surface area contributed by atoms with Crippen LogP contribution in [0.15, 0.2) is 48.5 Å². The number of aryl methyl sites for hydroxylation is 2. The van der Waals surface area contributed by atoms with Gasteiger partial charge in [0.25, 0.3) is 0 Å². The average Bonchev–Trinajstić information content (AvgIpc) is 2.58. The summed E-state index contributed by atoms with van der Waals surface area (Å²) in [7, 11) is 1.67. The van der Waals surface area contributed by atoms with Crippen molar-refractivity contribution in [3.05, 3.63) is 65.2 Å². The number of amides is 1. The standard InChI is InChI=1S/C20H25NO2/c1-4-18(17-11-12-19(23-3)15(2)14-17)21-20(22)13-10-16-8-6-5-7-9-16/h5-9,11-12,14,18H,4,10,13H2,1-3H3,(H,21,22). The van der Waals surface area contributed by atoms with E-state index in [2.05, 4.69) is 30.4 Å². The molecule has 0 radical (unpaired) electrons. The molecule has 1 N–H and O–H groups in total. The molecule has 3 nitrogen and oxygen atoms in total. The Balaban J connectivity index is 1.96. The lowest BCUT2D eigenvalue weighted by atomic mass is 10.0. The Kier molecular flexibility index (Phi) is 6.21. The van der Waals surface area contributed by atoms with Gasteiger partial charge in [0, 0.05) is 6.42 Å². The van der Waals surface area contributed by atoms with E-state index < -0.39 is 0 Å². The van der Waals surface area contributed by atoms with E-state index in [1.54, 1.807) is 7.11 Å². The summed E-state index contributed by atoms with van der Waals surface area (Å²) in [6.07, 6.45) is 2.14. The molecule has 0 fully saturated rings. The smallest absolute Gasteiger partial charge is 0.220 e. The SMILES string of the molecule is CCC(NC(=O)CCc1ccccc1)c1ccc(OC)c(C)c1. The molecule has 2 rings (SSSR count). The summed E-state index contributed by atoms with van der Waals surface area (Å²) in [5.41, 5.74) is 3.40. The maximum atomic E-state index is 12.2. The van der Waals surface area contributed by atoms with E-state index in [1.165, 1.54) is 5.56 Å². The van der Waals surface area contributed by atoms with Crippen LogP contribution in [0.5, 0.6) is 5.75 Å². The van der Waals surface area contributed by atoms with Crippen LogP contribution in [-0.2, 0) is 11.2 Å². The van der Waals surface area contributed by atoms with Gasteiger partial charge < -0.3 is 10.1 Å². The first-order valence-corrected chi connectivity index (χ1v) is 8.12. The molecule has 0 aliphatic heterocycles. The van der Waals surface area contributed by atoms with Crippen molar-refractivity contribution in [2.75, 3.05) is 7.11 Å². The van der Waals surface area contributed by atoms with Crippen molar-refractivity contribution in [1.82, 2.24) is 5.32 Å². The Morgan fingerprint density at radius 2 is 1.91 bits per heavy atom.